The normalized spacial score (nSPS) is 14.1. The molecule has 1 aromatic heterocycles. The van der Waals surface area contributed by atoms with Gasteiger partial charge < -0.3 is 24.4 Å². The fraction of sp³-hybridized carbons (Fsp3) is 0.353. The van der Waals surface area contributed by atoms with E-state index in [1.807, 2.05) is 4.90 Å². The van der Waals surface area contributed by atoms with Gasteiger partial charge in [0.1, 0.15) is 0 Å². The molecule has 1 aliphatic heterocycles. The van der Waals surface area contributed by atoms with Gasteiger partial charge in [-0.1, -0.05) is 0 Å². The number of anilines is 2. The molecule has 0 radical (unpaired) electrons. The van der Waals surface area contributed by atoms with Crippen LogP contribution in [0.3, 0.4) is 0 Å². The Bertz CT molecular complexity index is 730. The molecule has 1 amide bonds. The predicted molar refractivity (Wildman–Crippen MR) is 92.6 cm³/mol. The van der Waals surface area contributed by atoms with Crippen molar-refractivity contribution < 1.29 is 19.0 Å². The molecule has 0 bridgehead atoms. The van der Waals surface area contributed by atoms with E-state index in [-0.39, 0.29) is 5.91 Å². The fourth-order valence-electron chi connectivity index (χ4n) is 2.49. The topological polar surface area (TPSA) is 85.8 Å². The van der Waals surface area contributed by atoms with E-state index in [1.165, 1.54) is 7.11 Å². The van der Waals surface area contributed by atoms with Crippen molar-refractivity contribution >= 4 is 17.5 Å². The van der Waals surface area contributed by atoms with Crippen molar-refractivity contribution in [2.75, 3.05) is 50.7 Å². The summed E-state index contributed by atoms with van der Waals surface area (Å²) in [5.41, 5.74) is 0.978. The summed E-state index contributed by atoms with van der Waals surface area (Å²) in [6.45, 7) is 2.86. The van der Waals surface area contributed by atoms with Crippen LogP contribution in [0.1, 0.15) is 10.4 Å². The minimum absolute atomic E-state index is 0.274. The molecule has 1 fully saturated rings. The highest BCUT2D eigenvalue weighted by atomic mass is 16.5. The number of carbonyl (C=O) groups excluding carboxylic acids is 1. The molecule has 2 aromatic rings. The molecule has 3 rings (SSSR count). The lowest BCUT2D eigenvalue weighted by atomic mass is 10.2. The van der Waals surface area contributed by atoms with Gasteiger partial charge in [-0.25, -0.2) is 9.97 Å². The minimum atomic E-state index is -0.274. The van der Waals surface area contributed by atoms with Crippen LogP contribution in [-0.2, 0) is 4.74 Å². The summed E-state index contributed by atoms with van der Waals surface area (Å²) in [5.74, 6) is 1.42. The van der Waals surface area contributed by atoms with Crippen LogP contribution in [0.2, 0.25) is 0 Å². The smallest absolute Gasteiger partial charge is 0.255 e. The lowest BCUT2D eigenvalue weighted by Gasteiger charge is -2.26. The number of aromatic nitrogens is 2. The highest BCUT2D eigenvalue weighted by Crippen LogP contribution is 2.27. The highest BCUT2D eigenvalue weighted by Gasteiger charge is 2.15. The zero-order chi connectivity index (χ0) is 17.6. The Morgan fingerprint density at radius 1 is 1.12 bits per heavy atom. The quantitative estimate of drug-likeness (QED) is 0.881. The van der Waals surface area contributed by atoms with Crippen molar-refractivity contribution in [2.45, 2.75) is 0 Å². The number of hydrogen-bond acceptors (Lipinski definition) is 7. The second-order valence-electron chi connectivity index (χ2n) is 5.40. The maximum atomic E-state index is 12.4. The first-order valence-electron chi connectivity index (χ1n) is 7.89. The van der Waals surface area contributed by atoms with Crippen LogP contribution in [0.25, 0.3) is 0 Å². The first kappa shape index (κ1) is 17.0. The molecule has 8 nitrogen and oxygen atoms in total. The summed E-state index contributed by atoms with van der Waals surface area (Å²) in [6, 6.07) is 4.97. The summed E-state index contributed by atoms with van der Waals surface area (Å²) in [4.78, 5) is 23.0. The number of nitrogens with one attached hydrogen (secondary N) is 1. The van der Waals surface area contributed by atoms with Crippen molar-refractivity contribution in [3.05, 3.63) is 36.2 Å². The number of carbonyl (C=O) groups is 1. The van der Waals surface area contributed by atoms with Crippen LogP contribution in [0.15, 0.2) is 30.6 Å². The van der Waals surface area contributed by atoms with E-state index >= 15 is 0 Å². The van der Waals surface area contributed by atoms with Crippen LogP contribution in [-0.4, -0.2) is 56.4 Å². The molecule has 0 saturated carbocycles. The number of amides is 1. The van der Waals surface area contributed by atoms with E-state index < -0.39 is 0 Å². The summed E-state index contributed by atoms with van der Waals surface area (Å²) < 4.78 is 15.7. The maximum Gasteiger partial charge on any atom is 0.255 e. The minimum Gasteiger partial charge on any atom is -0.493 e. The van der Waals surface area contributed by atoms with Gasteiger partial charge in [0.05, 0.1) is 45.5 Å². The van der Waals surface area contributed by atoms with E-state index in [0.29, 0.717) is 41.9 Å². The van der Waals surface area contributed by atoms with Crippen molar-refractivity contribution in [2.24, 2.45) is 0 Å². The molecule has 0 unspecified atom stereocenters. The lowest BCUT2D eigenvalue weighted by Crippen LogP contribution is -2.37. The molecular weight excluding hydrogens is 324 g/mol. The fourth-order valence-corrected chi connectivity index (χ4v) is 2.49. The van der Waals surface area contributed by atoms with Crippen LogP contribution in [0.5, 0.6) is 11.5 Å². The van der Waals surface area contributed by atoms with E-state index in [9.17, 15) is 4.79 Å². The summed E-state index contributed by atoms with van der Waals surface area (Å²) in [5, 5.41) is 2.77. The largest absolute Gasteiger partial charge is 0.493 e. The van der Waals surface area contributed by atoms with Gasteiger partial charge in [0, 0.05) is 18.7 Å². The Kier molecular flexibility index (Phi) is 5.30. The lowest BCUT2D eigenvalue weighted by molar-refractivity contribution is 0.102. The molecule has 132 valence electrons. The number of benzene rings is 1. The van der Waals surface area contributed by atoms with E-state index in [0.717, 1.165) is 13.1 Å². The van der Waals surface area contributed by atoms with E-state index in [2.05, 4.69) is 15.3 Å². The van der Waals surface area contributed by atoms with E-state index in [1.54, 1.807) is 37.7 Å². The first-order valence-corrected chi connectivity index (χ1v) is 7.89. The van der Waals surface area contributed by atoms with Gasteiger partial charge in [-0.05, 0) is 18.2 Å². The number of hydrogen-bond donors (Lipinski definition) is 1. The van der Waals surface area contributed by atoms with Gasteiger partial charge in [0.25, 0.3) is 5.91 Å². The number of ether oxygens (including phenoxy) is 3. The van der Waals surface area contributed by atoms with Gasteiger partial charge >= 0.3 is 0 Å². The third-order valence-corrected chi connectivity index (χ3v) is 3.84. The second kappa shape index (κ2) is 7.80. The van der Waals surface area contributed by atoms with Gasteiger partial charge in [-0.3, -0.25) is 4.79 Å². The number of methoxy groups -OCH3 is 2. The van der Waals surface area contributed by atoms with Crippen molar-refractivity contribution in [3.8, 4) is 11.5 Å². The molecule has 25 heavy (non-hydrogen) atoms. The van der Waals surface area contributed by atoms with Crippen molar-refractivity contribution in [1.82, 2.24) is 9.97 Å². The summed E-state index contributed by atoms with van der Waals surface area (Å²) >= 11 is 0. The molecule has 2 heterocycles. The average molecular weight is 344 g/mol. The number of rotatable bonds is 5. The van der Waals surface area contributed by atoms with Crippen LogP contribution < -0.4 is 19.7 Å². The van der Waals surface area contributed by atoms with Crippen molar-refractivity contribution in [3.63, 3.8) is 0 Å². The van der Waals surface area contributed by atoms with Gasteiger partial charge in [-0.15, -0.1) is 0 Å². The van der Waals surface area contributed by atoms with Crippen molar-refractivity contribution in [1.29, 1.82) is 0 Å². The molecule has 1 aromatic carbocycles. The number of morpholine rings is 1. The predicted octanol–water partition coefficient (Wildman–Crippen LogP) is 1.58. The summed E-state index contributed by atoms with van der Waals surface area (Å²) in [7, 11) is 3.07. The Labute approximate surface area is 145 Å². The van der Waals surface area contributed by atoms with Crippen LogP contribution in [0.4, 0.5) is 11.6 Å². The Balaban J connectivity index is 1.68. The molecule has 8 heteroatoms. The van der Waals surface area contributed by atoms with Gasteiger partial charge in [-0.2, -0.15) is 0 Å². The molecule has 0 atom stereocenters. The zero-order valence-corrected chi connectivity index (χ0v) is 14.2. The monoisotopic (exact) mass is 344 g/mol. The maximum absolute atomic E-state index is 12.4. The molecule has 0 aliphatic carbocycles. The number of nitrogens with zero attached hydrogens (tertiary/aromatic N) is 3. The highest BCUT2D eigenvalue weighted by molar-refractivity contribution is 6.04. The molecular formula is C17H20N4O4. The third kappa shape index (κ3) is 3.97. The first-order chi connectivity index (χ1) is 12.2. The van der Waals surface area contributed by atoms with E-state index in [4.69, 9.17) is 14.2 Å². The molecule has 1 N–H and O–H groups in total. The molecule has 1 saturated heterocycles. The standard InChI is InChI=1S/C17H20N4O4/c1-23-14-4-3-12(9-15(14)24-2)16(22)20-13-10-18-17(19-11-13)21-5-7-25-8-6-21/h3-4,9-11H,5-8H2,1-2H3,(H,20,22). The zero-order valence-electron chi connectivity index (χ0n) is 14.2. The molecule has 0 spiro atoms. The van der Waals surface area contributed by atoms with Gasteiger partial charge in [0.15, 0.2) is 11.5 Å². The summed E-state index contributed by atoms with van der Waals surface area (Å²) in [6.07, 6.45) is 3.19. The Hall–Kier alpha value is -2.87. The second-order valence-corrected chi connectivity index (χ2v) is 5.40. The van der Waals surface area contributed by atoms with Crippen LogP contribution >= 0.6 is 0 Å². The third-order valence-electron chi connectivity index (χ3n) is 3.84. The average Bonchev–Trinajstić information content (AvgIpc) is 2.68. The Morgan fingerprint density at radius 3 is 2.44 bits per heavy atom. The van der Waals surface area contributed by atoms with Crippen LogP contribution in [0, 0.1) is 0 Å². The SMILES string of the molecule is COc1ccc(C(=O)Nc2cnc(N3CCOCC3)nc2)cc1OC. The van der Waals surface area contributed by atoms with Gasteiger partial charge in [0.2, 0.25) is 5.95 Å². The molecule has 1 aliphatic rings. The Morgan fingerprint density at radius 2 is 1.80 bits per heavy atom.